The number of benzene rings is 2. The zero-order valence-corrected chi connectivity index (χ0v) is 25.0. The average Bonchev–Trinajstić information content (AvgIpc) is 3.66. The van der Waals surface area contributed by atoms with E-state index in [4.69, 9.17) is 14.2 Å². The first-order valence-corrected chi connectivity index (χ1v) is 15.4. The van der Waals surface area contributed by atoms with Crippen molar-refractivity contribution in [2.45, 2.75) is 83.7 Å². The highest BCUT2D eigenvalue weighted by Gasteiger charge is 2.41. The van der Waals surface area contributed by atoms with Crippen LogP contribution in [0.4, 0.5) is 5.69 Å². The molecule has 9 nitrogen and oxygen atoms in total. The Bertz CT molecular complexity index is 1200. The monoisotopic (exact) mass is 579 g/mol. The van der Waals surface area contributed by atoms with Gasteiger partial charge in [0.25, 0.3) is 5.91 Å². The number of hydrogen-bond donors (Lipinski definition) is 2. The van der Waals surface area contributed by atoms with Crippen LogP contribution in [0.3, 0.4) is 0 Å². The Morgan fingerprint density at radius 1 is 1.02 bits per heavy atom. The summed E-state index contributed by atoms with van der Waals surface area (Å²) < 4.78 is 18.4. The summed E-state index contributed by atoms with van der Waals surface area (Å²) in [7, 11) is 0. The molecule has 3 aliphatic rings. The summed E-state index contributed by atoms with van der Waals surface area (Å²) in [6.07, 6.45) is 3.22. The summed E-state index contributed by atoms with van der Waals surface area (Å²) >= 11 is 0. The summed E-state index contributed by atoms with van der Waals surface area (Å²) in [5.74, 6) is -0.810. The van der Waals surface area contributed by atoms with Crippen molar-refractivity contribution in [1.82, 2.24) is 9.80 Å². The molecule has 1 amide bonds. The van der Waals surface area contributed by atoms with Gasteiger partial charge in [0, 0.05) is 43.2 Å². The van der Waals surface area contributed by atoms with E-state index in [1.807, 2.05) is 42.5 Å². The Morgan fingerprint density at radius 2 is 1.79 bits per heavy atom. The first-order chi connectivity index (χ1) is 20.3. The summed E-state index contributed by atoms with van der Waals surface area (Å²) in [4.78, 5) is 29.1. The van der Waals surface area contributed by atoms with Crippen LogP contribution in [0.25, 0.3) is 0 Å². The number of amides is 1. The second-order valence-corrected chi connectivity index (χ2v) is 12.0. The van der Waals surface area contributed by atoms with Crippen molar-refractivity contribution in [3.63, 3.8) is 0 Å². The first kappa shape index (κ1) is 30.6. The van der Waals surface area contributed by atoms with Gasteiger partial charge in [0.05, 0.1) is 18.8 Å². The molecule has 0 aliphatic carbocycles. The van der Waals surface area contributed by atoms with Crippen molar-refractivity contribution in [2.75, 3.05) is 38.0 Å². The van der Waals surface area contributed by atoms with Gasteiger partial charge in [0.2, 0.25) is 0 Å². The Hall–Kier alpha value is -2.82. The van der Waals surface area contributed by atoms with Crippen LogP contribution in [-0.2, 0) is 30.4 Å². The van der Waals surface area contributed by atoms with Crippen LogP contribution >= 0.6 is 0 Å². The molecule has 9 heteroatoms. The highest BCUT2D eigenvalue weighted by molar-refractivity contribution is 5.95. The van der Waals surface area contributed by atoms with Gasteiger partial charge in [-0.1, -0.05) is 43.3 Å². The Labute approximate surface area is 249 Å². The molecule has 228 valence electrons. The lowest BCUT2D eigenvalue weighted by molar-refractivity contribution is -0.276. The van der Waals surface area contributed by atoms with Crippen molar-refractivity contribution in [3.8, 4) is 0 Å². The quantitative estimate of drug-likeness (QED) is 0.399. The molecule has 2 aromatic rings. The molecule has 3 aliphatic heterocycles. The van der Waals surface area contributed by atoms with E-state index >= 15 is 0 Å². The fourth-order valence-electron chi connectivity index (χ4n) is 6.47. The van der Waals surface area contributed by atoms with Crippen molar-refractivity contribution in [1.29, 1.82) is 0 Å². The van der Waals surface area contributed by atoms with Gasteiger partial charge >= 0.3 is 5.97 Å². The van der Waals surface area contributed by atoms with E-state index in [0.29, 0.717) is 11.7 Å². The largest absolute Gasteiger partial charge is 0.453 e. The maximum Gasteiger partial charge on any atom is 0.303 e. The predicted molar refractivity (Wildman–Crippen MR) is 160 cm³/mol. The number of aliphatic hydroxyl groups is 1. The average molecular weight is 580 g/mol. The predicted octanol–water partition coefficient (Wildman–Crippen LogP) is 4.42. The Morgan fingerprint density at radius 3 is 2.50 bits per heavy atom. The molecule has 0 radical (unpaired) electrons. The molecule has 5 rings (SSSR count). The molecule has 3 saturated heterocycles. The lowest BCUT2D eigenvalue weighted by atomic mass is 9.90. The molecule has 0 spiro atoms. The van der Waals surface area contributed by atoms with Gasteiger partial charge in [-0.05, 0) is 75.5 Å². The van der Waals surface area contributed by atoms with E-state index < -0.39 is 24.3 Å². The molecule has 0 unspecified atom stereocenters. The maximum atomic E-state index is 12.6. The van der Waals surface area contributed by atoms with Gasteiger partial charge < -0.3 is 29.5 Å². The SMILES string of the molecule is CC(=O)O[C@@H](C)C(=O)Nc1cccc([C@@H]2O[C@H](CN3CCC[C@H]3CN3CCCC3)[C@H](C)[C@H](c3ccc(CO)cc3)O2)c1. The van der Waals surface area contributed by atoms with E-state index in [0.717, 1.165) is 36.3 Å². The van der Waals surface area contributed by atoms with Crippen molar-refractivity contribution < 1.29 is 28.9 Å². The zero-order chi connectivity index (χ0) is 29.6. The zero-order valence-electron chi connectivity index (χ0n) is 25.0. The third-order valence-electron chi connectivity index (χ3n) is 8.84. The second-order valence-electron chi connectivity index (χ2n) is 12.0. The number of likely N-dealkylation sites (tertiary alicyclic amines) is 2. The number of nitrogens with zero attached hydrogens (tertiary/aromatic N) is 2. The summed E-state index contributed by atoms with van der Waals surface area (Å²) in [5, 5.41) is 12.4. The summed E-state index contributed by atoms with van der Waals surface area (Å²) in [6, 6.07) is 15.9. The molecular formula is C33H45N3O6. The van der Waals surface area contributed by atoms with E-state index in [1.165, 1.54) is 45.7 Å². The lowest BCUT2D eigenvalue weighted by Crippen LogP contribution is -2.48. The summed E-state index contributed by atoms with van der Waals surface area (Å²) in [6.45, 7) is 10.5. The number of aliphatic hydroxyl groups excluding tert-OH is 1. The van der Waals surface area contributed by atoms with Gasteiger partial charge in [-0.3, -0.25) is 14.5 Å². The minimum absolute atomic E-state index is 0.00231. The van der Waals surface area contributed by atoms with Crippen LogP contribution in [0.2, 0.25) is 0 Å². The summed E-state index contributed by atoms with van der Waals surface area (Å²) in [5.41, 5.74) is 3.29. The van der Waals surface area contributed by atoms with Crippen molar-refractivity contribution in [2.24, 2.45) is 5.92 Å². The number of rotatable bonds is 10. The fourth-order valence-corrected chi connectivity index (χ4v) is 6.47. The van der Waals surface area contributed by atoms with E-state index in [2.05, 4.69) is 22.0 Å². The van der Waals surface area contributed by atoms with E-state index in [9.17, 15) is 14.7 Å². The molecule has 3 heterocycles. The third kappa shape index (κ3) is 7.57. The highest BCUT2D eigenvalue weighted by atomic mass is 16.7. The van der Waals surface area contributed by atoms with E-state index in [1.54, 1.807) is 13.0 Å². The van der Waals surface area contributed by atoms with Crippen molar-refractivity contribution in [3.05, 3.63) is 65.2 Å². The van der Waals surface area contributed by atoms with Crippen LogP contribution in [0.1, 0.15) is 75.5 Å². The standard InChI is InChI=1S/C33H45N3O6/c1-22-30(20-36-17-7-10-29(36)19-35-15-4-5-16-35)41-33(42-31(22)26-13-11-25(21-37)12-14-26)27-8-6-9-28(18-27)34-32(39)23(2)40-24(3)38/h6,8-9,11-14,18,22-23,29-31,33,37H,4-5,7,10,15-17,19-21H2,1-3H3,(H,34,39)/t22-,23-,29-,30+,31+,33+/m0/s1. The van der Waals surface area contributed by atoms with E-state index in [-0.39, 0.29) is 24.7 Å². The molecule has 0 aromatic heterocycles. The second kappa shape index (κ2) is 14.1. The van der Waals surface area contributed by atoms with Crippen LogP contribution in [0.15, 0.2) is 48.5 Å². The number of hydrogen-bond acceptors (Lipinski definition) is 8. The van der Waals surface area contributed by atoms with Crippen molar-refractivity contribution >= 4 is 17.6 Å². The smallest absolute Gasteiger partial charge is 0.303 e. The molecule has 2 N–H and O–H groups in total. The normalized spacial score (nSPS) is 27.6. The number of nitrogens with one attached hydrogen (secondary N) is 1. The molecular weight excluding hydrogens is 534 g/mol. The number of carbonyl (C=O) groups excluding carboxylic acids is 2. The van der Waals surface area contributed by atoms with Crippen LogP contribution in [-0.4, -0.2) is 77.8 Å². The minimum Gasteiger partial charge on any atom is -0.453 e. The number of anilines is 1. The first-order valence-electron chi connectivity index (χ1n) is 15.4. The fraction of sp³-hybridized carbons (Fsp3) is 0.576. The molecule has 2 aromatic carbocycles. The van der Waals surface area contributed by atoms with Gasteiger partial charge in [0.1, 0.15) is 0 Å². The maximum absolute atomic E-state index is 12.6. The minimum atomic E-state index is -0.904. The molecule has 0 saturated carbocycles. The molecule has 0 bridgehead atoms. The van der Waals surface area contributed by atoms with Crippen LogP contribution in [0.5, 0.6) is 0 Å². The molecule has 6 atom stereocenters. The topological polar surface area (TPSA) is 101 Å². The van der Waals surface area contributed by atoms with Crippen LogP contribution < -0.4 is 5.32 Å². The van der Waals surface area contributed by atoms with Gasteiger partial charge in [-0.2, -0.15) is 0 Å². The number of ether oxygens (including phenoxy) is 3. The number of esters is 1. The van der Waals surface area contributed by atoms with Gasteiger partial charge in [0.15, 0.2) is 12.4 Å². The molecule has 3 fully saturated rings. The van der Waals surface area contributed by atoms with Gasteiger partial charge in [-0.15, -0.1) is 0 Å². The van der Waals surface area contributed by atoms with Gasteiger partial charge in [-0.25, -0.2) is 0 Å². The highest BCUT2D eigenvalue weighted by Crippen LogP contribution is 2.42. The Balaban J connectivity index is 1.35. The third-order valence-corrected chi connectivity index (χ3v) is 8.84. The molecule has 42 heavy (non-hydrogen) atoms. The number of carbonyl (C=O) groups is 2. The van der Waals surface area contributed by atoms with Crippen LogP contribution in [0, 0.1) is 5.92 Å². The lowest BCUT2D eigenvalue weighted by Gasteiger charge is -2.43. The Kier molecular flexibility index (Phi) is 10.3.